The van der Waals surface area contributed by atoms with Crippen molar-refractivity contribution >= 4 is 39.2 Å². The van der Waals surface area contributed by atoms with E-state index in [4.69, 9.17) is 14.6 Å². The number of hydrogen-bond donors (Lipinski definition) is 3. The van der Waals surface area contributed by atoms with Gasteiger partial charge in [-0.3, -0.25) is 10.2 Å². The standard InChI is InChI=1S/C22H16N2O5S/c1-28-22(27)17-15(12-6-3-2-4-7-12)11-30-21(17)24-20(26)14-10-13-8-5-9-16(25)18(13)29-19(14)23/h2-11,23,25H,1H3,(H,24,26). The Hall–Kier alpha value is -3.91. The van der Waals surface area contributed by atoms with E-state index in [9.17, 15) is 14.7 Å². The molecule has 150 valence electrons. The van der Waals surface area contributed by atoms with Crippen LogP contribution in [0.1, 0.15) is 20.7 Å². The highest BCUT2D eigenvalue weighted by Gasteiger charge is 2.23. The number of phenolic OH excluding ortho intramolecular Hbond substituents is 1. The van der Waals surface area contributed by atoms with Crippen LogP contribution in [0.5, 0.6) is 5.75 Å². The van der Waals surface area contributed by atoms with Gasteiger partial charge in [-0.15, -0.1) is 11.3 Å². The molecule has 0 aliphatic carbocycles. The minimum absolute atomic E-state index is 0.0291. The van der Waals surface area contributed by atoms with Crippen molar-refractivity contribution in [3.8, 4) is 16.9 Å². The molecule has 0 aliphatic heterocycles. The zero-order valence-corrected chi connectivity index (χ0v) is 16.6. The van der Waals surface area contributed by atoms with Gasteiger partial charge in [-0.1, -0.05) is 42.5 Å². The number of hydrogen-bond acceptors (Lipinski definition) is 7. The first kappa shape index (κ1) is 19.4. The maximum Gasteiger partial charge on any atom is 0.341 e. The normalized spacial score (nSPS) is 10.7. The molecule has 3 N–H and O–H groups in total. The first-order chi connectivity index (χ1) is 14.5. The number of thiophene rings is 1. The van der Waals surface area contributed by atoms with Crippen LogP contribution in [0.3, 0.4) is 0 Å². The summed E-state index contributed by atoms with van der Waals surface area (Å²) in [6, 6.07) is 15.5. The molecule has 0 saturated carbocycles. The van der Waals surface area contributed by atoms with Gasteiger partial charge in [0.15, 0.2) is 11.3 Å². The van der Waals surface area contributed by atoms with E-state index in [1.807, 2.05) is 30.3 Å². The summed E-state index contributed by atoms with van der Waals surface area (Å²) in [5, 5.41) is 23.1. The molecule has 7 nitrogen and oxygen atoms in total. The smallest absolute Gasteiger partial charge is 0.341 e. The van der Waals surface area contributed by atoms with E-state index < -0.39 is 17.4 Å². The summed E-state index contributed by atoms with van der Waals surface area (Å²) in [4.78, 5) is 25.3. The number of methoxy groups -OCH3 is 1. The van der Waals surface area contributed by atoms with Crippen molar-refractivity contribution in [2.24, 2.45) is 0 Å². The van der Waals surface area contributed by atoms with Crippen LogP contribution in [0.15, 0.2) is 64.4 Å². The molecule has 30 heavy (non-hydrogen) atoms. The van der Waals surface area contributed by atoms with Crippen molar-refractivity contribution < 1.29 is 23.8 Å². The maximum atomic E-state index is 12.9. The van der Waals surface area contributed by atoms with Crippen LogP contribution in [0.25, 0.3) is 22.1 Å². The lowest BCUT2D eigenvalue weighted by atomic mass is 10.0. The number of benzene rings is 2. The number of amides is 1. The predicted octanol–water partition coefficient (Wildman–Crippen LogP) is 4.39. The summed E-state index contributed by atoms with van der Waals surface area (Å²) in [6.45, 7) is 0. The zero-order chi connectivity index (χ0) is 21.3. The van der Waals surface area contributed by atoms with Gasteiger partial charge in [-0.2, -0.15) is 0 Å². The van der Waals surface area contributed by atoms with E-state index in [1.165, 1.54) is 30.6 Å². The molecule has 0 fully saturated rings. The van der Waals surface area contributed by atoms with Crippen LogP contribution in [0.4, 0.5) is 5.00 Å². The summed E-state index contributed by atoms with van der Waals surface area (Å²) < 4.78 is 10.2. The number of carbonyl (C=O) groups excluding carboxylic acids is 2. The molecule has 0 spiro atoms. The maximum absolute atomic E-state index is 12.9. The van der Waals surface area contributed by atoms with Gasteiger partial charge in [-0.25, -0.2) is 4.79 Å². The average Bonchev–Trinajstić information content (AvgIpc) is 3.17. The molecule has 0 radical (unpaired) electrons. The van der Waals surface area contributed by atoms with Gasteiger partial charge < -0.3 is 19.6 Å². The third-order valence-corrected chi connectivity index (χ3v) is 5.41. The largest absolute Gasteiger partial charge is 0.504 e. The Morgan fingerprint density at radius 1 is 1.13 bits per heavy atom. The van der Waals surface area contributed by atoms with Crippen LogP contribution in [0.2, 0.25) is 0 Å². The molecule has 0 aliphatic rings. The summed E-state index contributed by atoms with van der Waals surface area (Å²) in [7, 11) is 1.27. The van der Waals surface area contributed by atoms with Gasteiger partial charge in [0.05, 0.1) is 7.11 Å². The molecule has 2 heterocycles. The quantitative estimate of drug-likeness (QED) is 0.424. The molecule has 0 unspecified atom stereocenters. The number of rotatable bonds is 4. The number of fused-ring (bicyclic) bond motifs is 1. The number of phenols is 1. The van der Waals surface area contributed by atoms with Crippen LogP contribution in [-0.2, 0) is 4.74 Å². The Morgan fingerprint density at radius 2 is 1.90 bits per heavy atom. The monoisotopic (exact) mass is 420 g/mol. The molecular formula is C22H16N2O5S. The van der Waals surface area contributed by atoms with Gasteiger partial charge in [0.2, 0.25) is 5.55 Å². The average molecular weight is 420 g/mol. The van der Waals surface area contributed by atoms with E-state index in [1.54, 1.807) is 17.5 Å². The third kappa shape index (κ3) is 3.44. The van der Waals surface area contributed by atoms with Gasteiger partial charge >= 0.3 is 5.97 Å². The van der Waals surface area contributed by atoms with E-state index in [2.05, 4.69) is 5.32 Å². The van der Waals surface area contributed by atoms with E-state index in [0.29, 0.717) is 16.0 Å². The summed E-state index contributed by atoms with van der Waals surface area (Å²) in [5.74, 6) is -1.31. The van der Waals surface area contributed by atoms with Crippen LogP contribution < -0.4 is 10.9 Å². The number of carbonyl (C=O) groups is 2. The van der Waals surface area contributed by atoms with Gasteiger partial charge in [0.1, 0.15) is 16.1 Å². The number of ether oxygens (including phenoxy) is 1. The van der Waals surface area contributed by atoms with Crippen LogP contribution in [-0.4, -0.2) is 24.1 Å². The first-order valence-corrected chi connectivity index (χ1v) is 9.74. The van der Waals surface area contributed by atoms with E-state index in [0.717, 1.165) is 5.56 Å². The van der Waals surface area contributed by atoms with Crippen molar-refractivity contribution in [1.82, 2.24) is 0 Å². The second kappa shape index (κ2) is 7.84. The lowest BCUT2D eigenvalue weighted by Gasteiger charge is -2.08. The minimum Gasteiger partial charge on any atom is -0.504 e. The Bertz CT molecular complexity index is 1320. The fourth-order valence-electron chi connectivity index (χ4n) is 3.07. The third-order valence-electron chi connectivity index (χ3n) is 4.51. The highest BCUT2D eigenvalue weighted by atomic mass is 32.1. The highest BCUT2D eigenvalue weighted by Crippen LogP contribution is 2.36. The zero-order valence-electron chi connectivity index (χ0n) is 15.8. The van der Waals surface area contributed by atoms with Crippen molar-refractivity contribution in [1.29, 1.82) is 5.41 Å². The van der Waals surface area contributed by atoms with Gasteiger partial charge in [0, 0.05) is 16.3 Å². The molecular weight excluding hydrogens is 404 g/mol. The summed E-state index contributed by atoms with van der Waals surface area (Å²) in [5.41, 5.74) is 1.38. The van der Waals surface area contributed by atoms with Crippen molar-refractivity contribution in [2.45, 2.75) is 0 Å². The van der Waals surface area contributed by atoms with Crippen LogP contribution >= 0.6 is 11.3 Å². The Labute approximate surface area is 174 Å². The second-order valence-electron chi connectivity index (χ2n) is 6.35. The Balaban J connectivity index is 1.75. The van der Waals surface area contributed by atoms with Gasteiger partial charge in [-0.05, 0) is 17.7 Å². The molecule has 2 aromatic carbocycles. The molecule has 0 atom stereocenters. The van der Waals surface area contributed by atoms with Crippen molar-refractivity contribution in [2.75, 3.05) is 12.4 Å². The number of anilines is 1. The number of para-hydroxylation sites is 1. The lowest BCUT2D eigenvalue weighted by molar-refractivity contribution is 0.0603. The predicted molar refractivity (Wildman–Crippen MR) is 113 cm³/mol. The van der Waals surface area contributed by atoms with E-state index >= 15 is 0 Å². The minimum atomic E-state index is -0.611. The second-order valence-corrected chi connectivity index (χ2v) is 7.23. The summed E-state index contributed by atoms with van der Waals surface area (Å²) in [6.07, 6.45) is 0. The van der Waals surface area contributed by atoms with Gasteiger partial charge in [0.25, 0.3) is 5.91 Å². The van der Waals surface area contributed by atoms with Crippen molar-refractivity contribution in [3.63, 3.8) is 0 Å². The highest BCUT2D eigenvalue weighted by molar-refractivity contribution is 7.15. The van der Waals surface area contributed by atoms with E-state index in [-0.39, 0.29) is 22.5 Å². The molecule has 2 aromatic heterocycles. The fourth-order valence-corrected chi connectivity index (χ4v) is 4.02. The molecule has 1 amide bonds. The Kier molecular flexibility index (Phi) is 5.07. The lowest BCUT2D eigenvalue weighted by Crippen LogP contribution is -2.21. The fraction of sp³-hybridized carbons (Fsp3) is 0.0455. The molecule has 4 rings (SSSR count). The number of aromatic hydroxyl groups is 1. The molecule has 4 aromatic rings. The van der Waals surface area contributed by atoms with Crippen LogP contribution in [0, 0.1) is 5.41 Å². The molecule has 8 heteroatoms. The Morgan fingerprint density at radius 3 is 2.63 bits per heavy atom. The first-order valence-electron chi connectivity index (χ1n) is 8.86. The number of esters is 1. The summed E-state index contributed by atoms with van der Waals surface area (Å²) >= 11 is 1.19. The molecule has 0 saturated heterocycles. The van der Waals surface area contributed by atoms with Crippen molar-refractivity contribution in [3.05, 3.63) is 76.7 Å². The number of nitrogens with one attached hydrogen (secondary N) is 2. The topological polar surface area (TPSA) is 113 Å². The SMILES string of the molecule is COC(=O)c1c(-c2ccccc2)csc1NC(=O)c1cc2cccc(O)c2oc1=N. The molecule has 0 bridgehead atoms.